The van der Waals surface area contributed by atoms with Crippen LogP contribution < -0.4 is 4.31 Å². The van der Waals surface area contributed by atoms with Crippen molar-refractivity contribution in [1.29, 1.82) is 0 Å². The number of halogens is 5. The van der Waals surface area contributed by atoms with Gasteiger partial charge in [0, 0.05) is 11.1 Å². The zero-order chi connectivity index (χ0) is 27.3. The maximum absolute atomic E-state index is 15.0. The molecule has 1 aliphatic rings. The highest BCUT2D eigenvalue weighted by atomic mass is 35.5. The van der Waals surface area contributed by atoms with Gasteiger partial charge in [-0.25, -0.2) is 21.6 Å². The molecule has 0 unspecified atom stereocenters. The van der Waals surface area contributed by atoms with E-state index in [9.17, 15) is 17.2 Å². The highest BCUT2D eigenvalue weighted by molar-refractivity contribution is 7.92. The molecule has 10 heteroatoms. The number of anilines is 1. The smallest absolute Gasteiger partial charge is 0.264 e. The molecule has 0 radical (unpaired) electrons. The van der Waals surface area contributed by atoms with Gasteiger partial charge in [-0.2, -0.15) is 0 Å². The Bertz CT molecular complexity index is 1350. The second-order valence-corrected chi connectivity index (χ2v) is 12.0. The van der Waals surface area contributed by atoms with Crippen LogP contribution in [0.3, 0.4) is 0 Å². The van der Waals surface area contributed by atoms with Crippen LogP contribution in [0.4, 0.5) is 18.9 Å². The van der Waals surface area contributed by atoms with Crippen LogP contribution in [-0.4, -0.2) is 33.0 Å². The Balaban J connectivity index is 0.00000420. The van der Waals surface area contributed by atoms with Gasteiger partial charge in [0.2, 0.25) is 0 Å². The zero-order valence-electron chi connectivity index (χ0n) is 21.8. The van der Waals surface area contributed by atoms with E-state index in [0.29, 0.717) is 22.6 Å². The molecule has 212 valence electrons. The van der Waals surface area contributed by atoms with Crippen LogP contribution in [0, 0.1) is 17.5 Å². The number of nitrogens with zero attached hydrogens (tertiary/aromatic N) is 2. The number of hydrogen-bond acceptors (Lipinski definition) is 3. The molecule has 4 rings (SSSR count). The summed E-state index contributed by atoms with van der Waals surface area (Å²) < 4.78 is 72.2. The topological polar surface area (TPSA) is 40.6 Å². The third-order valence-electron chi connectivity index (χ3n) is 7.04. The molecule has 0 spiro atoms. The summed E-state index contributed by atoms with van der Waals surface area (Å²) in [6.07, 6.45) is 5.93. The number of hydrogen-bond donors (Lipinski definition) is 0. The summed E-state index contributed by atoms with van der Waals surface area (Å²) in [4.78, 5) is 2.31. The highest BCUT2D eigenvalue weighted by Crippen LogP contribution is 2.37. The Hall–Kier alpha value is -2.26. The number of likely N-dealkylation sites (tertiary alicyclic amines) is 1. The molecule has 3 aromatic rings. The fraction of sp³-hybridized carbons (Fsp3) is 0.379. The third kappa shape index (κ3) is 7.69. The largest absolute Gasteiger partial charge is 0.303 e. The molecule has 0 aromatic heterocycles. The van der Waals surface area contributed by atoms with Gasteiger partial charge >= 0.3 is 0 Å². The predicted octanol–water partition coefficient (Wildman–Crippen LogP) is 7.94. The van der Waals surface area contributed by atoms with E-state index >= 15 is 4.39 Å². The summed E-state index contributed by atoms with van der Waals surface area (Å²) in [7, 11) is -4.36. The van der Waals surface area contributed by atoms with Crippen LogP contribution in [0.5, 0.6) is 0 Å². The molecule has 1 fully saturated rings. The lowest BCUT2D eigenvalue weighted by Crippen LogP contribution is -2.35. The molecule has 39 heavy (non-hydrogen) atoms. The molecule has 1 aliphatic heterocycles. The van der Waals surface area contributed by atoms with Crippen LogP contribution in [0.25, 0.3) is 0 Å². The first kappa shape index (κ1) is 31.3. The van der Waals surface area contributed by atoms with Crippen molar-refractivity contribution in [2.75, 3.05) is 23.9 Å². The molecular formula is C29H33Cl2F3N2O2S. The van der Waals surface area contributed by atoms with E-state index in [-0.39, 0.29) is 17.3 Å². The van der Waals surface area contributed by atoms with Gasteiger partial charge in [0.1, 0.15) is 17.5 Å². The Kier molecular flexibility index (Phi) is 11.1. The Labute approximate surface area is 240 Å². The van der Waals surface area contributed by atoms with Crippen molar-refractivity contribution in [3.63, 3.8) is 0 Å². The molecule has 1 saturated heterocycles. The first-order chi connectivity index (χ1) is 18.2. The highest BCUT2D eigenvalue weighted by Gasteiger charge is 2.33. The normalized spacial score (nSPS) is 15.0. The predicted molar refractivity (Wildman–Crippen MR) is 153 cm³/mol. The van der Waals surface area contributed by atoms with Gasteiger partial charge in [-0.3, -0.25) is 4.31 Å². The van der Waals surface area contributed by atoms with Crippen molar-refractivity contribution in [2.24, 2.45) is 0 Å². The van der Waals surface area contributed by atoms with E-state index in [4.69, 9.17) is 11.6 Å². The van der Waals surface area contributed by atoms with Crippen LogP contribution in [0.2, 0.25) is 5.02 Å². The van der Waals surface area contributed by atoms with Crippen molar-refractivity contribution in [2.45, 2.75) is 56.4 Å². The summed E-state index contributed by atoms with van der Waals surface area (Å²) in [5.41, 5.74) is 0.752. The lowest BCUT2D eigenvalue weighted by Gasteiger charge is -2.32. The fourth-order valence-electron chi connectivity index (χ4n) is 5.08. The standard InChI is InChI=1S/C29H32ClF3N2O2S.ClH/c1-21(27-14-10-24(31)19-22(27)7-3-6-18-34-16-4-2-5-17-34)35(29-20-25(32)11-15-28(29)33)38(36,37)26-12-8-23(30)9-13-26;/h8-15,19-21H,2-7,16-18H2,1H3;1H/t21-;/m1./s1. The van der Waals surface area contributed by atoms with Gasteiger partial charge in [0.25, 0.3) is 10.0 Å². The number of sulfonamides is 1. The van der Waals surface area contributed by atoms with E-state index in [1.54, 1.807) is 6.92 Å². The Morgan fingerprint density at radius 1 is 0.897 bits per heavy atom. The Morgan fingerprint density at radius 3 is 2.23 bits per heavy atom. The molecule has 0 saturated carbocycles. The molecule has 4 nitrogen and oxygen atoms in total. The maximum Gasteiger partial charge on any atom is 0.264 e. The van der Waals surface area contributed by atoms with Gasteiger partial charge < -0.3 is 4.90 Å². The molecule has 0 aliphatic carbocycles. The Morgan fingerprint density at radius 2 is 1.54 bits per heavy atom. The average Bonchev–Trinajstić information content (AvgIpc) is 2.89. The monoisotopic (exact) mass is 600 g/mol. The summed E-state index contributed by atoms with van der Waals surface area (Å²) in [5, 5.41) is 0.339. The van der Waals surface area contributed by atoms with Gasteiger partial charge in [0.05, 0.1) is 16.6 Å². The number of rotatable bonds is 10. The van der Waals surface area contributed by atoms with Crippen LogP contribution in [0.15, 0.2) is 65.6 Å². The summed E-state index contributed by atoms with van der Waals surface area (Å²) >= 11 is 5.95. The minimum Gasteiger partial charge on any atom is -0.303 e. The lowest BCUT2D eigenvalue weighted by molar-refractivity contribution is 0.225. The molecular weight excluding hydrogens is 568 g/mol. The van der Waals surface area contributed by atoms with E-state index in [1.165, 1.54) is 61.7 Å². The van der Waals surface area contributed by atoms with Crippen molar-refractivity contribution in [3.8, 4) is 0 Å². The van der Waals surface area contributed by atoms with Gasteiger partial charge in [0.15, 0.2) is 0 Å². The van der Waals surface area contributed by atoms with Crippen molar-refractivity contribution in [3.05, 3.63) is 94.3 Å². The van der Waals surface area contributed by atoms with Crippen molar-refractivity contribution >= 4 is 39.7 Å². The molecule has 3 aromatic carbocycles. The van der Waals surface area contributed by atoms with Gasteiger partial charge in [-0.1, -0.05) is 24.1 Å². The quantitative estimate of drug-likeness (QED) is 0.222. The third-order valence-corrected chi connectivity index (χ3v) is 9.19. The first-order valence-corrected chi connectivity index (χ1v) is 14.7. The first-order valence-electron chi connectivity index (χ1n) is 12.9. The fourth-order valence-corrected chi connectivity index (χ4v) is 6.84. The van der Waals surface area contributed by atoms with E-state index in [2.05, 4.69) is 4.90 Å². The van der Waals surface area contributed by atoms with Crippen molar-refractivity contribution in [1.82, 2.24) is 4.90 Å². The minimum atomic E-state index is -4.36. The minimum absolute atomic E-state index is 0. The number of benzene rings is 3. The molecule has 1 heterocycles. The lowest BCUT2D eigenvalue weighted by atomic mass is 9.96. The second kappa shape index (κ2) is 13.9. The summed E-state index contributed by atoms with van der Waals surface area (Å²) in [6, 6.07) is 11.4. The van der Waals surface area contributed by atoms with Gasteiger partial charge in [-0.05, 0) is 118 Å². The van der Waals surface area contributed by atoms with E-state index < -0.39 is 39.2 Å². The average molecular weight is 602 g/mol. The number of unbranched alkanes of at least 4 members (excludes halogenated alkanes) is 1. The summed E-state index contributed by atoms with van der Waals surface area (Å²) in [6.45, 7) is 4.76. The van der Waals surface area contributed by atoms with Crippen LogP contribution >= 0.6 is 24.0 Å². The number of aryl methyl sites for hydroxylation is 1. The molecule has 0 amide bonds. The molecule has 0 N–H and O–H groups in total. The van der Waals surface area contributed by atoms with E-state index in [1.807, 2.05) is 0 Å². The maximum atomic E-state index is 15.0. The summed E-state index contributed by atoms with van der Waals surface area (Å²) in [5.74, 6) is -2.10. The van der Waals surface area contributed by atoms with E-state index in [0.717, 1.165) is 55.0 Å². The number of piperidine rings is 1. The van der Waals surface area contributed by atoms with Crippen LogP contribution in [0.1, 0.15) is 56.2 Å². The van der Waals surface area contributed by atoms with Gasteiger partial charge in [-0.15, -0.1) is 12.4 Å². The van der Waals surface area contributed by atoms with Crippen LogP contribution in [-0.2, 0) is 16.4 Å². The second-order valence-electron chi connectivity index (χ2n) is 9.73. The molecule has 1 atom stereocenters. The molecule has 0 bridgehead atoms. The zero-order valence-corrected chi connectivity index (χ0v) is 24.1. The SMILES string of the molecule is C[C@H](c1ccc(F)cc1CCCCN1CCCCC1)N(c1cc(F)ccc1F)S(=O)(=O)c1ccc(Cl)cc1.Cl. The van der Waals surface area contributed by atoms with Crippen molar-refractivity contribution < 1.29 is 21.6 Å².